The number of aliphatic hydroxyl groups excluding tert-OH is 1. The van der Waals surface area contributed by atoms with Gasteiger partial charge in [-0.25, -0.2) is 0 Å². The lowest BCUT2D eigenvalue weighted by atomic mass is 10.1. The van der Waals surface area contributed by atoms with Crippen LogP contribution in [0.1, 0.15) is 39.5 Å². The first-order valence-corrected chi connectivity index (χ1v) is 4.65. The van der Waals surface area contributed by atoms with Crippen LogP contribution in [0.2, 0.25) is 0 Å². The second-order valence-corrected chi connectivity index (χ2v) is 3.07. The van der Waals surface area contributed by atoms with Crippen LogP contribution in [0.4, 0.5) is 0 Å². The fraction of sp³-hybridized carbons (Fsp3) is 1.00. The Morgan fingerprint density at radius 1 is 1.33 bits per heavy atom. The number of rotatable bonds is 7. The predicted octanol–water partition coefficient (Wildman–Crippen LogP) is 0.712. The van der Waals surface area contributed by atoms with Crippen LogP contribution in [0.5, 0.6) is 0 Å². The van der Waals surface area contributed by atoms with E-state index in [4.69, 9.17) is 5.11 Å². The van der Waals surface area contributed by atoms with Crippen molar-refractivity contribution in [3.8, 4) is 0 Å². The van der Waals surface area contributed by atoms with Crippen molar-refractivity contribution in [1.82, 2.24) is 5.32 Å². The third-order valence-corrected chi connectivity index (χ3v) is 1.82. The smallest absolute Gasteiger partial charge is 0.0443 e. The molecular weight excluding hydrogens is 154 g/mol. The molecule has 0 amide bonds. The molecule has 0 spiro atoms. The summed E-state index contributed by atoms with van der Waals surface area (Å²) in [6.45, 7) is 5.66. The Hall–Kier alpha value is -0.120. The van der Waals surface area contributed by atoms with Crippen molar-refractivity contribution < 1.29 is 10.6 Å². The molecule has 0 saturated heterocycles. The van der Waals surface area contributed by atoms with Crippen LogP contribution in [0.15, 0.2) is 0 Å². The molecule has 0 aromatic heterocycles. The van der Waals surface area contributed by atoms with Crippen molar-refractivity contribution in [1.29, 1.82) is 0 Å². The number of nitrogens with one attached hydrogen (secondary N) is 1. The number of aliphatic hydroxyl groups is 1. The summed E-state index contributed by atoms with van der Waals surface area (Å²) in [5.41, 5.74) is 0. The maximum Gasteiger partial charge on any atom is 0.0443 e. The molecule has 0 aromatic rings. The SMILES string of the molecule is CCCCC(C)NCCCO.O. The van der Waals surface area contributed by atoms with Crippen LogP contribution < -0.4 is 5.32 Å². The zero-order valence-corrected chi connectivity index (χ0v) is 8.27. The van der Waals surface area contributed by atoms with Crippen LogP contribution in [0.25, 0.3) is 0 Å². The van der Waals surface area contributed by atoms with Gasteiger partial charge in [-0.1, -0.05) is 19.8 Å². The third-order valence-electron chi connectivity index (χ3n) is 1.82. The van der Waals surface area contributed by atoms with Crippen LogP contribution in [-0.2, 0) is 0 Å². The molecule has 0 aliphatic carbocycles. The van der Waals surface area contributed by atoms with E-state index in [1.807, 2.05) is 0 Å². The van der Waals surface area contributed by atoms with E-state index in [9.17, 15) is 0 Å². The minimum absolute atomic E-state index is 0. The van der Waals surface area contributed by atoms with Crippen LogP contribution in [0.3, 0.4) is 0 Å². The van der Waals surface area contributed by atoms with Gasteiger partial charge in [0.25, 0.3) is 0 Å². The maximum atomic E-state index is 8.52. The molecular formula is C9H23NO2. The molecule has 0 rings (SSSR count). The van der Waals surface area contributed by atoms with Crippen molar-refractivity contribution in [2.24, 2.45) is 0 Å². The zero-order valence-electron chi connectivity index (χ0n) is 8.27. The Morgan fingerprint density at radius 2 is 2.00 bits per heavy atom. The number of hydrogen-bond acceptors (Lipinski definition) is 2. The van der Waals surface area contributed by atoms with E-state index >= 15 is 0 Å². The molecule has 1 unspecified atom stereocenters. The molecule has 0 saturated carbocycles. The molecule has 12 heavy (non-hydrogen) atoms. The summed E-state index contributed by atoms with van der Waals surface area (Å²) in [5.74, 6) is 0. The summed E-state index contributed by atoms with van der Waals surface area (Å²) in [6.07, 6.45) is 4.69. The van der Waals surface area contributed by atoms with E-state index in [2.05, 4.69) is 19.2 Å². The molecule has 0 fully saturated rings. The predicted molar refractivity (Wildman–Crippen MR) is 52.3 cm³/mol. The Balaban J connectivity index is 0. The first-order chi connectivity index (χ1) is 5.31. The van der Waals surface area contributed by atoms with Gasteiger partial charge in [0.2, 0.25) is 0 Å². The van der Waals surface area contributed by atoms with Gasteiger partial charge in [-0.05, 0) is 26.3 Å². The quantitative estimate of drug-likeness (QED) is 0.563. The van der Waals surface area contributed by atoms with E-state index in [-0.39, 0.29) is 5.48 Å². The lowest BCUT2D eigenvalue weighted by molar-refractivity contribution is 0.283. The van der Waals surface area contributed by atoms with Crippen molar-refractivity contribution in [2.75, 3.05) is 13.2 Å². The minimum atomic E-state index is 0. The van der Waals surface area contributed by atoms with Gasteiger partial charge in [-0.2, -0.15) is 0 Å². The van der Waals surface area contributed by atoms with Gasteiger partial charge in [0.1, 0.15) is 0 Å². The normalized spacial score (nSPS) is 12.2. The summed E-state index contributed by atoms with van der Waals surface area (Å²) >= 11 is 0. The van der Waals surface area contributed by atoms with E-state index in [1.54, 1.807) is 0 Å². The monoisotopic (exact) mass is 177 g/mol. The Labute approximate surface area is 75.5 Å². The number of hydrogen-bond donors (Lipinski definition) is 2. The lowest BCUT2D eigenvalue weighted by Crippen LogP contribution is -2.27. The van der Waals surface area contributed by atoms with Gasteiger partial charge in [0.15, 0.2) is 0 Å². The minimum Gasteiger partial charge on any atom is -0.412 e. The molecule has 3 heteroatoms. The van der Waals surface area contributed by atoms with Crippen molar-refractivity contribution in [2.45, 2.75) is 45.6 Å². The summed E-state index contributed by atoms with van der Waals surface area (Å²) in [5, 5.41) is 11.9. The van der Waals surface area contributed by atoms with Crippen LogP contribution >= 0.6 is 0 Å². The fourth-order valence-corrected chi connectivity index (χ4v) is 1.04. The summed E-state index contributed by atoms with van der Waals surface area (Å²) < 4.78 is 0. The standard InChI is InChI=1S/C9H21NO.H2O/c1-3-4-6-9(2)10-7-5-8-11;/h9-11H,3-8H2,1-2H3;1H2. The second-order valence-electron chi connectivity index (χ2n) is 3.07. The molecule has 1 atom stereocenters. The highest BCUT2D eigenvalue weighted by molar-refractivity contribution is 4.59. The number of unbranched alkanes of at least 4 members (excludes halogenated alkanes) is 1. The molecule has 0 heterocycles. The first-order valence-electron chi connectivity index (χ1n) is 4.65. The Bertz CT molecular complexity index is 78.9. The van der Waals surface area contributed by atoms with Gasteiger partial charge in [-0.3, -0.25) is 0 Å². The highest BCUT2D eigenvalue weighted by Crippen LogP contribution is 1.98. The Kier molecular flexibility index (Phi) is 13.1. The van der Waals surface area contributed by atoms with E-state index in [1.165, 1.54) is 19.3 Å². The van der Waals surface area contributed by atoms with E-state index < -0.39 is 0 Å². The van der Waals surface area contributed by atoms with Crippen molar-refractivity contribution >= 4 is 0 Å². The topological polar surface area (TPSA) is 63.8 Å². The maximum absolute atomic E-state index is 8.52. The zero-order chi connectivity index (χ0) is 8.53. The molecule has 3 nitrogen and oxygen atoms in total. The van der Waals surface area contributed by atoms with Crippen LogP contribution in [-0.4, -0.2) is 29.8 Å². The van der Waals surface area contributed by atoms with Gasteiger partial charge >= 0.3 is 0 Å². The summed E-state index contributed by atoms with van der Waals surface area (Å²) in [7, 11) is 0. The summed E-state index contributed by atoms with van der Waals surface area (Å²) in [6, 6.07) is 0.612. The van der Waals surface area contributed by atoms with Gasteiger partial charge < -0.3 is 15.9 Å². The van der Waals surface area contributed by atoms with E-state index in [0.29, 0.717) is 12.6 Å². The molecule has 4 N–H and O–H groups in total. The molecule has 76 valence electrons. The molecule has 0 aliphatic heterocycles. The molecule has 0 radical (unpaired) electrons. The molecule has 0 bridgehead atoms. The fourth-order valence-electron chi connectivity index (χ4n) is 1.04. The summed E-state index contributed by atoms with van der Waals surface area (Å²) in [4.78, 5) is 0. The van der Waals surface area contributed by atoms with E-state index in [0.717, 1.165) is 13.0 Å². The van der Waals surface area contributed by atoms with Crippen LogP contribution in [0, 0.1) is 0 Å². The highest BCUT2D eigenvalue weighted by atomic mass is 16.3. The first kappa shape index (κ1) is 14.4. The average molecular weight is 177 g/mol. The second kappa shape index (κ2) is 10.9. The highest BCUT2D eigenvalue weighted by Gasteiger charge is 1.97. The van der Waals surface area contributed by atoms with Crippen molar-refractivity contribution in [3.63, 3.8) is 0 Å². The molecule has 0 aromatic carbocycles. The third kappa shape index (κ3) is 9.88. The van der Waals surface area contributed by atoms with Gasteiger partial charge in [-0.15, -0.1) is 0 Å². The van der Waals surface area contributed by atoms with Gasteiger partial charge in [0.05, 0.1) is 0 Å². The van der Waals surface area contributed by atoms with Gasteiger partial charge in [0, 0.05) is 12.6 Å². The largest absolute Gasteiger partial charge is 0.412 e. The Morgan fingerprint density at radius 3 is 2.50 bits per heavy atom. The molecule has 0 aliphatic rings. The average Bonchev–Trinajstić information content (AvgIpc) is 2.01. The van der Waals surface area contributed by atoms with Crippen molar-refractivity contribution in [3.05, 3.63) is 0 Å². The lowest BCUT2D eigenvalue weighted by Gasteiger charge is -2.11.